The first-order valence-corrected chi connectivity index (χ1v) is 6.98. The Hall–Kier alpha value is -2.56. The standard InChI is InChI=1S/C17H17F2N3/c1-12-16(15-7-4-5-8-20(15)2)13(18)11-14(19)17(12)22-10-6-9-21(22)3/h4-11H,1-3H3/q+2. The van der Waals surface area contributed by atoms with Gasteiger partial charge in [-0.25, -0.2) is 13.3 Å². The van der Waals surface area contributed by atoms with E-state index >= 15 is 0 Å². The SMILES string of the molecule is Cc1c(-c2cccc[n+]2C)c(F)cc(F)c1-n1ccc[n+]1C. The van der Waals surface area contributed by atoms with Crippen LogP contribution in [0.3, 0.4) is 0 Å². The van der Waals surface area contributed by atoms with Crippen LogP contribution in [-0.2, 0) is 14.1 Å². The van der Waals surface area contributed by atoms with E-state index in [-0.39, 0.29) is 0 Å². The lowest BCUT2D eigenvalue weighted by molar-refractivity contribution is -0.744. The van der Waals surface area contributed by atoms with Crippen molar-refractivity contribution < 1.29 is 18.0 Å². The number of pyridine rings is 1. The largest absolute Gasteiger partial charge is 0.215 e. The van der Waals surface area contributed by atoms with E-state index in [0.717, 1.165) is 6.07 Å². The van der Waals surface area contributed by atoms with Gasteiger partial charge in [-0.3, -0.25) is 0 Å². The van der Waals surface area contributed by atoms with Crippen molar-refractivity contribution in [2.45, 2.75) is 6.92 Å². The third kappa shape index (κ3) is 2.19. The number of halogens is 2. The molecule has 1 aromatic carbocycles. The molecule has 0 saturated heterocycles. The average Bonchev–Trinajstić information content (AvgIpc) is 2.87. The van der Waals surface area contributed by atoms with E-state index in [2.05, 4.69) is 0 Å². The zero-order chi connectivity index (χ0) is 15.9. The highest BCUT2D eigenvalue weighted by molar-refractivity contribution is 5.67. The van der Waals surface area contributed by atoms with Crippen molar-refractivity contribution in [3.8, 4) is 16.9 Å². The highest BCUT2D eigenvalue weighted by Gasteiger charge is 2.25. The van der Waals surface area contributed by atoms with E-state index in [1.54, 1.807) is 22.5 Å². The van der Waals surface area contributed by atoms with E-state index in [1.807, 2.05) is 55.3 Å². The monoisotopic (exact) mass is 301 g/mol. The van der Waals surface area contributed by atoms with Gasteiger partial charge in [0.05, 0.1) is 11.8 Å². The zero-order valence-electron chi connectivity index (χ0n) is 12.7. The second-order valence-corrected chi connectivity index (χ2v) is 5.29. The van der Waals surface area contributed by atoms with Gasteiger partial charge in [0.15, 0.2) is 25.3 Å². The molecule has 0 radical (unpaired) electrons. The Morgan fingerprint density at radius 3 is 2.41 bits per heavy atom. The van der Waals surface area contributed by atoms with Crippen molar-refractivity contribution in [1.82, 2.24) is 4.68 Å². The lowest BCUT2D eigenvalue weighted by Crippen LogP contribution is -2.37. The van der Waals surface area contributed by atoms with Crippen LogP contribution in [0.15, 0.2) is 48.9 Å². The number of aryl methyl sites for hydroxylation is 2. The first-order valence-electron chi connectivity index (χ1n) is 6.98. The molecule has 3 aromatic rings. The Morgan fingerprint density at radius 1 is 1.00 bits per heavy atom. The molecule has 0 amide bonds. The minimum Gasteiger partial charge on any atom is -0.206 e. The molecule has 5 heteroatoms. The van der Waals surface area contributed by atoms with Crippen molar-refractivity contribution in [3.05, 3.63) is 66.1 Å². The Labute approximate surface area is 127 Å². The molecule has 2 aromatic heterocycles. The summed E-state index contributed by atoms with van der Waals surface area (Å²) in [4.78, 5) is 0. The normalized spacial score (nSPS) is 11.0. The molecule has 0 N–H and O–H groups in total. The summed E-state index contributed by atoms with van der Waals surface area (Å²) in [6, 6.07) is 8.29. The summed E-state index contributed by atoms with van der Waals surface area (Å²) in [5.41, 5.74) is 2.03. The average molecular weight is 301 g/mol. The van der Waals surface area contributed by atoms with Gasteiger partial charge in [-0.15, -0.1) is 9.36 Å². The smallest absolute Gasteiger partial charge is 0.206 e. The fourth-order valence-electron chi connectivity index (χ4n) is 2.76. The Balaban J connectivity index is 2.34. The van der Waals surface area contributed by atoms with Crippen LogP contribution >= 0.6 is 0 Å². The van der Waals surface area contributed by atoms with Gasteiger partial charge in [0.1, 0.15) is 18.6 Å². The molecule has 0 fully saturated rings. The van der Waals surface area contributed by atoms with Crippen LogP contribution in [0.1, 0.15) is 5.56 Å². The highest BCUT2D eigenvalue weighted by Crippen LogP contribution is 2.30. The maximum Gasteiger partial charge on any atom is 0.215 e. The summed E-state index contributed by atoms with van der Waals surface area (Å²) in [5, 5.41) is 0. The maximum atomic E-state index is 14.4. The third-order valence-corrected chi connectivity index (χ3v) is 3.86. The van der Waals surface area contributed by atoms with Crippen molar-refractivity contribution in [2.75, 3.05) is 0 Å². The van der Waals surface area contributed by atoms with E-state index in [9.17, 15) is 8.78 Å². The summed E-state index contributed by atoms with van der Waals surface area (Å²) in [6.07, 6.45) is 5.40. The lowest BCUT2D eigenvalue weighted by atomic mass is 10.0. The highest BCUT2D eigenvalue weighted by atomic mass is 19.1. The quantitative estimate of drug-likeness (QED) is 0.645. The van der Waals surface area contributed by atoms with Crippen molar-refractivity contribution in [3.63, 3.8) is 0 Å². The van der Waals surface area contributed by atoms with Crippen LogP contribution in [0.4, 0.5) is 8.78 Å². The van der Waals surface area contributed by atoms with Crippen molar-refractivity contribution in [2.24, 2.45) is 14.1 Å². The number of benzene rings is 1. The Kier molecular flexibility index (Phi) is 3.48. The van der Waals surface area contributed by atoms with Gasteiger partial charge in [0, 0.05) is 24.3 Å². The minimum atomic E-state index is -0.580. The molecule has 2 heterocycles. The van der Waals surface area contributed by atoms with Crippen LogP contribution in [0.25, 0.3) is 16.9 Å². The second-order valence-electron chi connectivity index (χ2n) is 5.29. The molecular formula is C17H17F2N3+2. The number of hydrogen-bond donors (Lipinski definition) is 0. The van der Waals surface area contributed by atoms with Gasteiger partial charge in [-0.1, -0.05) is 0 Å². The van der Waals surface area contributed by atoms with E-state index in [1.165, 1.54) is 0 Å². The number of aromatic nitrogens is 3. The van der Waals surface area contributed by atoms with Crippen LogP contribution in [0.2, 0.25) is 0 Å². The summed E-state index contributed by atoms with van der Waals surface area (Å²) >= 11 is 0. The number of rotatable bonds is 2. The molecule has 0 aliphatic carbocycles. The lowest BCUT2D eigenvalue weighted by Gasteiger charge is -2.11. The molecule has 0 bridgehead atoms. The van der Waals surface area contributed by atoms with Gasteiger partial charge in [0.25, 0.3) is 0 Å². The third-order valence-electron chi connectivity index (χ3n) is 3.86. The predicted molar refractivity (Wildman–Crippen MR) is 78.2 cm³/mol. The van der Waals surface area contributed by atoms with Gasteiger partial charge in [-0.2, -0.15) is 0 Å². The van der Waals surface area contributed by atoms with Crippen molar-refractivity contribution in [1.29, 1.82) is 0 Å². The first kappa shape index (κ1) is 14.4. The minimum absolute atomic E-state index is 0.354. The van der Waals surface area contributed by atoms with Gasteiger partial charge in [0.2, 0.25) is 5.69 Å². The molecule has 0 atom stereocenters. The molecule has 22 heavy (non-hydrogen) atoms. The fraction of sp³-hybridized carbons (Fsp3) is 0.176. The fourth-order valence-corrected chi connectivity index (χ4v) is 2.76. The molecular weight excluding hydrogens is 284 g/mol. The molecule has 0 spiro atoms. The Bertz CT molecular complexity index is 853. The van der Waals surface area contributed by atoms with Crippen LogP contribution < -0.4 is 9.25 Å². The predicted octanol–water partition coefficient (Wildman–Crippen LogP) is 2.38. The number of nitrogens with zero attached hydrogens (tertiary/aromatic N) is 3. The van der Waals surface area contributed by atoms with Gasteiger partial charge < -0.3 is 0 Å². The number of hydrogen-bond acceptors (Lipinski definition) is 0. The summed E-state index contributed by atoms with van der Waals surface area (Å²) in [5.74, 6) is -1.14. The summed E-state index contributed by atoms with van der Waals surface area (Å²) in [6.45, 7) is 1.74. The second kappa shape index (κ2) is 5.33. The molecule has 0 unspecified atom stereocenters. The van der Waals surface area contributed by atoms with Crippen LogP contribution in [0, 0.1) is 18.6 Å². The van der Waals surface area contributed by atoms with Crippen LogP contribution in [-0.4, -0.2) is 4.68 Å². The molecule has 3 rings (SSSR count). The topological polar surface area (TPSA) is 12.7 Å². The Morgan fingerprint density at radius 2 is 1.77 bits per heavy atom. The molecule has 0 aliphatic rings. The maximum absolute atomic E-state index is 14.4. The molecule has 0 aliphatic heterocycles. The molecule has 3 nitrogen and oxygen atoms in total. The molecule has 112 valence electrons. The first-order chi connectivity index (χ1) is 10.5. The van der Waals surface area contributed by atoms with Crippen molar-refractivity contribution >= 4 is 0 Å². The van der Waals surface area contributed by atoms with E-state index < -0.39 is 11.6 Å². The van der Waals surface area contributed by atoms with Gasteiger partial charge >= 0.3 is 0 Å². The summed E-state index contributed by atoms with van der Waals surface area (Å²) in [7, 11) is 3.65. The van der Waals surface area contributed by atoms with Crippen LogP contribution in [0.5, 0.6) is 0 Å². The molecule has 0 saturated carbocycles. The van der Waals surface area contributed by atoms with Gasteiger partial charge in [-0.05, 0) is 18.6 Å². The summed E-state index contributed by atoms with van der Waals surface area (Å²) < 4.78 is 34.0. The van der Waals surface area contributed by atoms with E-state index in [0.29, 0.717) is 22.5 Å². The van der Waals surface area contributed by atoms with E-state index in [4.69, 9.17) is 0 Å². The zero-order valence-corrected chi connectivity index (χ0v) is 12.7.